The average Bonchev–Trinajstić information content (AvgIpc) is 2.16. The first-order chi connectivity index (χ1) is 7.20. The number of rotatable bonds is 2. The van der Waals surface area contributed by atoms with Crippen LogP contribution in [-0.4, -0.2) is 45.7 Å². The monoisotopic (exact) mass is 208 g/mol. The Morgan fingerprint density at radius 3 is 2.87 bits per heavy atom. The van der Waals surface area contributed by atoms with Crippen LogP contribution in [0.15, 0.2) is 18.5 Å². The Kier molecular flexibility index (Phi) is 2.55. The maximum Gasteiger partial charge on any atom is 0.255 e. The van der Waals surface area contributed by atoms with Gasteiger partial charge in [0.25, 0.3) is 5.91 Å². The molecule has 0 aromatic carbocycles. The Balaban J connectivity index is 2.03. The summed E-state index contributed by atoms with van der Waals surface area (Å²) >= 11 is 0. The highest BCUT2D eigenvalue weighted by atomic mass is 16.3. The summed E-state index contributed by atoms with van der Waals surface area (Å²) in [6.45, 7) is 1.26. The molecule has 0 bridgehead atoms. The lowest BCUT2D eigenvalue weighted by molar-refractivity contribution is 0.0361. The first-order valence-corrected chi connectivity index (χ1v) is 4.75. The largest absolute Gasteiger partial charge is 0.506 e. The minimum Gasteiger partial charge on any atom is -0.506 e. The van der Waals surface area contributed by atoms with Gasteiger partial charge in [0.15, 0.2) is 0 Å². The van der Waals surface area contributed by atoms with Crippen LogP contribution in [0.3, 0.4) is 0 Å². The molecular formula is C10H12N2O3. The van der Waals surface area contributed by atoms with Crippen LogP contribution >= 0.6 is 0 Å². The predicted molar refractivity (Wildman–Crippen MR) is 52.4 cm³/mol. The van der Waals surface area contributed by atoms with E-state index in [0.29, 0.717) is 18.7 Å². The molecule has 1 saturated heterocycles. The molecule has 2 heterocycles. The molecule has 2 rings (SSSR count). The maximum atomic E-state index is 11.7. The van der Waals surface area contributed by atoms with Gasteiger partial charge in [-0.25, -0.2) is 0 Å². The van der Waals surface area contributed by atoms with Crippen molar-refractivity contribution in [3.8, 4) is 5.75 Å². The first kappa shape index (κ1) is 9.92. The van der Waals surface area contributed by atoms with Crippen LogP contribution in [0.4, 0.5) is 0 Å². The second-order valence-corrected chi connectivity index (χ2v) is 3.69. The molecule has 0 radical (unpaired) electrons. The van der Waals surface area contributed by atoms with Gasteiger partial charge in [0.1, 0.15) is 5.75 Å². The van der Waals surface area contributed by atoms with E-state index < -0.39 is 0 Å². The maximum absolute atomic E-state index is 11.7. The van der Waals surface area contributed by atoms with E-state index in [9.17, 15) is 4.79 Å². The summed E-state index contributed by atoms with van der Waals surface area (Å²) in [5.74, 6) is 0.0300. The first-order valence-electron chi connectivity index (χ1n) is 4.75. The lowest BCUT2D eigenvalue weighted by atomic mass is 10.0. The van der Waals surface area contributed by atoms with E-state index in [1.165, 1.54) is 18.5 Å². The number of pyridine rings is 1. The molecule has 1 aromatic rings. The summed E-state index contributed by atoms with van der Waals surface area (Å²) in [6, 6.07) is 1.39. The molecular weight excluding hydrogens is 196 g/mol. The van der Waals surface area contributed by atoms with E-state index in [1.54, 1.807) is 4.90 Å². The van der Waals surface area contributed by atoms with Gasteiger partial charge in [-0.3, -0.25) is 9.78 Å². The van der Waals surface area contributed by atoms with Crippen LogP contribution in [0, 0.1) is 5.92 Å². The van der Waals surface area contributed by atoms with Crippen LogP contribution in [-0.2, 0) is 0 Å². The van der Waals surface area contributed by atoms with E-state index in [2.05, 4.69) is 4.98 Å². The van der Waals surface area contributed by atoms with Crippen molar-refractivity contribution in [1.82, 2.24) is 9.88 Å². The minimum atomic E-state index is -0.150. The van der Waals surface area contributed by atoms with Crippen molar-refractivity contribution in [2.45, 2.75) is 0 Å². The second-order valence-electron chi connectivity index (χ2n) is 3.69. The molecule has 0 atom stereocenters. The molecule has 1 aliphatic rings. The summed E-state index contributed by atoms with van der Waals surface area (Å²) in [4.78, 5) is 17.1. The second kappa shape index (κ2) is 3.86. The molecule has 1 aliphatic heterocycles. The number of nitrogens with zero attached hydrogens (tertiary/aromatic N) is 2. The topological polar surface area (TPSA) is 73.7 Å². The van der Waals surface area contributed by atoms with Crippen molar-refractivity contribution in [3.63, 3.8) is 0 Å². The number of likely N-dealkylation sites (tertiary alicyclic amines) is 1. The average molecular weight is 208 g/mol. The molecule has 0 saturated carbocycles. The summed E-state index contributed by atoms with van der Waals surface area (Å²) < 4.78 is 0. The highest BCUT2D eigenvalue weighted by molar-refractivity contribution is 5.94. The molecule has 0 aliphatic carbocycles. The van der Waals surface area contributed by atoms with Gasteiger partial charge in [-0.15, -0.1) is 0 Å². The Morgan fingerprint density at radius 1 is 1.53 bits per heavy atom. The van der Waals surface area contributed by atoms with Crippen molar-refractivity contribution in [2.24, 2.45) is 5.92 Å². The number of carbonyl (C=O) groups is 1. The Bertz CT molecular complexity index is 375. The fraction of sp³-hybridized carbons (Fsp3) is 0.400. The van der Waals surface area contributed by atoms with Crippen LogP contribution in [0.1, 0.15) is 10.4 Å². The van der Waals surface area contributed by atoms with Gasteiger partial charge in [-0.2, -0.15) is 0 Å². The molecule has 0 spiro atoms. The number of aliphatic hydroxyl groups excluding tert-OH is 1. The molecule has 0 unspecified atom stereocenters. The van der Waals surface area contributed by atoms with E-state index >= 15 is 0 Å². The molecule has 15 heavy (non-hydrogen) atoms. The van der Waals surface area contributed by atoms with Crippen LogP contribution in [0.2, 0.25) is 0 Å². The van der Waals surface area contributed by atoms with Crippen molar-refractivity contribution in [2.75, 3.05) is 19.7 Å². The Morgan fingerprint density at radius 2 is 2.27 bits per heavy atom. The third-order valence-corrected chi connectivity index (χ3v) is 2.47. The zero-order valence-corrected chi connectivity index (χ0v) is 8.13. The van der Waals surface area contributed by atoms with Gasteiger partial charge in [0.2, 0.25) is 0 Å². The predicted octanol–water partition coefficient (Wildman–Crippen LogP) is -0.149. The molecule has 2 N–H and O–H groups in total. The molecule has 1 fully saturated rings. The third-order valence-electron chi connectivity index (χ3n) is 2.47. The summed E-state index contributed by atoms with van der Waals surface area (Å²) in [5.41, 5.74) is 0.381. The van der Waals surface area contributed by atoms with E-state index in [1.807, 2.05) is 0 Å². The lowest BCUT2D eigenvalue weighted by Crippen LogP contribution is -2.51. The standard InChI is InChI=1S/C10H12N2O3/c13-6-7-4-12(5-7)10(15)8-1-9(14)3-11-2-8/h1-3,7,13-14H,4-6H2. The van der Waals surface area contributed by atoms with Gasteiger partial charge >= 0.3 is 0 Å². The number of hydrogen-bond acceptors (Lipinski definition) is 4. The van der Waals surface area contributed by atoms with Crippen molar-refractivity contribution >= 4 is 5.91 Å². The molecule has 80 valence electrons. The summed E-state index contributed by atoms with van der Waals surface area (Å²) in [7, 11) is 0. The van der Waals surface area contributed by atoms with Gasteiger partial charge in [-0.05, 0) is 6.07 Å². The van der Waals surface area contributed by atoms with E-state index in [0.717, 1.165) is 0 Å². The summed E-state index contributed by atoms with van der Waals surface area (Å²) in [5, 5.41) is 18.0. The van der Waals surface area contributed by atoms with Crippen molar-refractivity contribution < 1.29 is 15.0 Å². The van der Waals surface area contributed by atoms with Crippen LogP contribution in [0.5, 0.6) is 5.75 Å². The van der Waals surface area contributed by atoms with Crippen LogP contribution < -0.4 is 0 Å². The fourth-order valence-corrected chi connectivity index (χ4v) is 1.58. The Hall–Kier alpha value is -1.62. The van der Waals surface area contributed by atoms with Crippen molar-refractivity contribution in [3.05, 3.63) is 24.0 Å². The highest BCUT2D eigenvalue weighted by Crippen LogP contribution is 2.19. The van der Waals surface area contributed by atoms with Crippen LogP contribution in [0.25, 0.3) is 0 Å². The number of aromatic nitrogens is 1. The third kappa shape index (κ3) is 1.92. The Labute approximate surface area is 87.0 Å². The van der Waals surface area contributed by atoms with Gasteiger partial charge in [-0.1, -0.05) is 0 Å². The smallest absolute Gasteiger partial charge is 0.255 e. The molecule has 1 amide bonds. The number of carbonyl (C=O) groups excluding carboxylic acids is 1. The van der Waals surface area contributed by atoms with E-state index in [4.69, 9.17) is 10.2 Å². The summed E-state index contributed by atoms with van der Waals surface area (Å²) in [6.07, 6.45) is 2.71. The number of hydrogen-bond donors (Lipinski definition) is 2. The number of aliphatic hydroxyl groups is 1. The molecule has 1 aromatic heterocycles. The fourth-order valence-electron chi connectivity index (χ4n) is 1.58. The quantitative estimate of drug-likeness (QED) is 0.709. The zero-order valence-electron chi connectivity index (χ0n) is 8.13. The van der Waals surface area contributed by atoms with Gasteiger partial charge in [0.05, 0.1) is 11.8 Å². The van der Waals surface area contributed by atoms with Crippen molar-refractivity contribution in [1.29, 1.82) is 0 Å². The number of amides is 1. The normalized spacial score (nSPS) is 16.2. The molecule has 5 heteroatoms. The van der Waals surface area contributed by atoms with Gasteiger partial charge < -0.3 is 15.1 Å². The van der Waals surface area contributed by atoms with Gasteiger partial charge in [0, 0.05) is 31.8 Å². The lowest BCUT2D eigenvalue weighted by Gasteiger charge is -2.38. The zero-order chi connectivity index (χ0) is 10.8. The SMILES string of the molecule is O=C(c1cncc(O)c1)N1CC(CO)C1. The van der Waals surface area contributed by atoms with E-state index in [-0.39, 0.29) is 24.2 Å². The highest BCUT2D eigenvalue weighted by Gasteiger charge is 2.30. The molecule has 5 nitrogen and oxygen atoms in total. The number of aromatic hydroxyl groups is 1. The minimum absolute atomic E-state index is 0.0138.